The van der Waals surface area contributed by atoms with Gasteiger partial charge in [0.05, 0.1) is 0 Å². The van der Waals surface area contributed by atoms with Gasteiger partial charge in [-0.3, -0.25) is 0 Å². The predicted octanol–water partition coefficient (Wildman–Crippen LogP) is 6.16. The molecule has 0 aromatic rings. The molecule has 1 saturated carbocycles. The van der Waals surface area contributed by atoms with Crippen LogP contribution < -0.4 is 0 Å². The highest BCUT2D eigenvalue weighted by Gasteiger charge is 2.36. The first-order chi connectivity index (χ1) is 8.51. The molecular weight excluding hydrogens is 216 g/mol. The fourth-order valence-corrected chi connectivity index (χ4v) is 4.78. The van der Waals surface area contributed by atoms with Crippen molar-refractivity contribution in [1.29, 1.82) is 0 Å². The second-order valence-corrected chi connectivity index (χ2v) is 7.34. The Morgan fingerprint density at radius 2 is 1.72 bits per heavy atom. The Morgan fingerprint density at radius 3 is 2.11 bits per heavy atom. The van der Waals surface area contributed by atoms with Gasteiger partial charge >= 0.3 is 0 Å². The molecule has 0 saturated heterocycles. The van der Waals surface area contributed by atoms with Gasteiger partial charge in [0.2, 0.25) is 0 Å². The summed E-state index contributed by atoms with van der Waals surface area (Å²) in [5.74, 6) is 5.71. The fraction of sp³-hybridized carbons (Fsp3) is 1.00. The van der Waals surface area contributed by atoms with Gasteiger partial charge in [0.15, 0.2) is 0 Å². The Kier molecular flexibility index (Phi) is 6.74. The van der Waals surface area contributed by atoms with E-state index in [-0.39, 0.29) is 0 Å². The lowest BCUT2D eigenvalue weighted by Crippen LogP contribution is -2.31. The Hall–Kier alpha value is 0. The molecule has 0 N–H and O–H groups in total. The summed E-state index contributed by atoms with van der Waals surface area (Å²) in [4.78, 5) is 0. The minimum Gasteiger partial charge on any atom is -0.0654 e. The summed E-state index contributed by atoms with van der Waals surface area (Å²) in [5, 5.41) is 0. The van der Waals surface area contributed by atoms with Crippen LogP contribution in [0, 0.1) is 35.5 Å². The first kappa shape index (κ1) is 16.1. The van der Waals surface area contributed by atoms with Crippen molar-refractivity contribution >= 4 is 0 Å². The lowest BCUT2D eigenvalue weighted by molar-refractivity contribution is 0.111. The Morgan fingerprint density at radius 1 is 1.06 bits per heavy atom. The molecule has 1 rings (SSSR count). The highest BCUT2D eigenvalue weighted by Crippen LogP contribution is 2.45. The smallest absolute Gasteiger partial charge is 0.0334 e. The minimum atomic E-state index is 0.854. The van der Waals surface area contributed by atoms with Crippen LogP contribution in [0.4, 0.5) is 0 Å². The summed E-state index contributed by atoms with van der Waals surface area (Å²) in [5.41, 5.74) is 0. The highest BCUT2D eigenvalue weighted by atomic mass is 14.4. The summed E-state index contributed by atoms with van der Waals surface area (Å²) in [7, 11) is 0. The van der Waals surface area contributed by atoms with E-state index < -0.39 is 0 Å². The summed E-state index contributed by atoms with van der Waals surface area (Å²) in [6, 6.07) is 0. The molecule has 0 aromatic carbocycles. The topological polar surface area (TPSA) is 0 Å². The number of hydrogen-bond acceptors (Lipinski definition) is 0. The molecule has 5 unspecified atom stereocenters. The molecule has 0 amide bonds. The van der Waals surface area contributed by atoms with Gasteiger partial charge in [0.1, 0.15) is 0 Å². The zero-order chi connectivity index (χ0) is 13.7. The zero-order valence-corrected chi connectivity index (χ0v) is 13.7. The van der Waals surface area contributed by atoms with Gasteiger partial charge < -0.3 is 0 Å². The van der Waals surface area contributed by atoms with E-state index >= 15 is 0 Å². The van der Waals surface area contributed by atoms with Crippen LogP contribution in [0.2, 0.25) is 0 Å². The van der Waals surface area contributed by atoms with Crippen LogP contribution in [0.5, 0.6) is 0 Å². The summed E-state index contributed by atoms with van der Waals surface area (Å²) in [6.07, 6.45) is 8.65. The molecule has 0 spiro atoms. The molecule has 0 radical (unpaired) electrons. The van der Waals surface area contributed by atoms with Gasteiger partial charge in [-0.2, -0.15) is 0 Å². The summed E-state index contributed by atoms with van der Waals surface area (Å²) in [6.45, 7) is 14.6. The summed E-state index contributed by atoms with van der Waals surface area (Å²) >= 11 is 0. The van der Waals surface area contributed by atoms with Crippen LogP contribution in [-0.2, 0) is 0 Å². The molecule has 1 fully saturated rings. The minimum absolute atomic E-state index is 0.854. The second-order valence-electron chi connectivity index (χ2n) is 7.34. The van der Waals surface area contributed by atoms with Gasteiger partial charge in [-0.05, 0) is 48.3 Å². The van der Waals surface area contributed by atoms with Gasteiger partial charge in [0.25, 0.3) is 0 Å². The van der Waals surface area contributed by atoms with Crippen molar-refractivity contribution in [3.05, 3.63) is 0 Å². The van der Waals surface area contributed by atoms with E-state index in [0.29, 0.717) is 0 Å². The van der Waals surface area contributed by atoms with Crippen molar-refractivity contribution in [1.82, 2.24) is 0 Å². The molecule has 108 valence electrons. The normalized spacial score (nSPS) is 29.5. The van der Waals surface area contributed by atoms with Crippen molar-refractivity contribution in [2.24, 2.45) is 35.5 Å². The van der Waals surface area contributed by atoms with E-state index in [2.05, 4.69) is 41.5 Å². The average Bonchev–Trinajstić information content (AvgIpc) is 2.71. The van der Waals surface area contributed by atoms with Crippen molar-refractivity contribution in [3.63, 3.8) is 0 Å². The number of hydrogen-bond donors (Lipinski definition) is 0. The molecule has 1 aliphatic rings. The largest absolute Gasteiger partial charge is 0.0654 e. The van der Waals surface area contributed by atoms with Crippen molar-refractivity contribution in [3.8, 4) is 0 Å². The van der Waals surface area contributed by atoms with Crippen LogP contribution in [0.3, 0.4) is 0 Å². The van der Waals surface area contributed by atoms with Crippen molar-refractivity contribution in [2.45, 2.75) is 80.1 Å². The fourth-order valence-electron chi connectivity index (χ4n) is 4.78. The average molecular weight is 252 g/mol. The molecule has 0 aliphatic heterocycles. The third-order valence-corrected chi connectivity index (χ3v) is 5.48. The molecule has 5 atom stereocenters. The van der Waals surface area contributed by atoms with Gasteiger partial charge in [-0.1, -0.05) is 67.2 Å². The van der Waals surface area contributed by atoms with Crippen molar-refractivity contribution < 1.29 is 0 Å². The lowest BCUT2D eigenvalue weighted by Gasteiger charge is -2.38. The van der Waals surface area contributed by atoms with Crippen LogP contribution in [0.1, 0.15) is 80.1 Å². The lowest BCUT2D eigenvalue weighted by atomic mass is 9.67. The van der Waals surface area contributed by atoms with E-state index in [1.165, 1.54) is 38.5 Å². The van der Waals surface area contributed by atoms with Gasteiger partial charge in [-0.15, -0.1) is 0 Å². The van der Waals surface area contributed by atoms with E-state index in [9.17, 15) is 0 Å². The Balaban J connectivity index is 2.74. The Bertz CT molecular complexity index is 218. The van der Waals surface area contributed by atoms with Gasteiger partial charge in [-0.25, -0.2) is 0 Å². The maximum atomic E-state index is 2.51. The van der Waals surface area contributed by atoms with Crippen LogP contribution in [-0.4, -0.2) is 0 Å². The van der Waals surface area contributed by atoms with E-state index in [1.807, 2.05) is 0 Å². The van der Waals surface area contributed by atoms with Crippen LogP contribution in [0.15, 0.2) is 0 Å². The maximum absolute atomic E-state index is 2.51. The highest BCUT2D eigenvalue weighted by molar-refractivity contribution is 4.85. The molecular formula is C18H36. The molecule has 18 heavy (non-hydrogen) atoms. The monoisotopic (exact) mass is 252 g/mol. The Labute approximate surface area is 116 Å². The zero-order valence-electron chi connectivity index (χ0n) is 13.7. The number of rotatable bonds is 7. The summed E-state index contributed by atoms with van der Waals surface area (Å²) < 4.78 is 0. The third-order valence-electron chi connectivity index (χ3n) is 5.48. The van der Waals surface area contributed by atoms with E-state index in [1.54, 1.807) is 0 Å². The van der Waals surface area contributed by atoms with E-state index in [4.69, 9.17) is 0 Å². The first-order valence-corrected chi connectivity index (χ1v) is 8.51. The molecule has 1 aliphatic carbocycles. The van der Waals surface area contributed by atoms with E-state index in [0.717, 1.165) is 35.5 Å². The maximum Gasteiger partial charge on any atom is -0.0334 e. The second kappa shape index (κ2) is 7.56. The quantitative estimate of drug-likeness (QED) is 0.509. The molecule has 0 nitrogen and oxygen atoms in total. The molecule has 0 aromatic heterocycles. The van der Waals surface area contributed by atoms with Crippen LogP contribution >= 0.6 is 0 Å². The third kappa shape index (κ3) is 4.00. The van der Waals surface area contributed by atoms with Gasteiger partial charge in [0, 0.05) is 0 Å². The molecule has 0 bridgehead atoms. The standard InChI is InChI=1S/C18H36/c1-7-9-15(6)18(13(3)4)17(8-2)16-11-10-14(5)12-16/h13-18H,7-12H2,1-6H3. The predicted molar refractivity (Wildman–Crippen MR) is 82.7 cm³/mol. The van der Waals surface area contributed by atoms with Crippen molar-refractivity contribution in [2.75, 3.05) is 0 Å². The SMILES string of the molecule is CCCC(C)C(C(C)C)C(CC)C1CCC(C)C1. The van der Waals surface area contributed by atoms with Crippen LogP contribution in [0.25, 0.3) is 0 Å². The molecule has 0 heteroatoms. The molecule has 0 heterocycles. The first-order valence-electron chi connectivity index (χ1n) is 8.51.